The Labute approximate surface area is 82.3 Å². The van der Waals surface area contributed by atoms with Gasteiger partial charge in [0.15, 0.2) is 6.19 Å². The minimum absolute atomic E-state index is 0.379. The number of nitrogens with zero attached hydrogens (tertiary/aromatic N) is 1. The monoisotopic (exact) mass is 195 g/mol. The summed E-state index contributed by atoms with van der Waals surface area (Å²) in [5, 5.41) is 10.4. The Hall–Kier alpha value is -1.57. The first-order valence-electron chi connectivity index (χ1n) is 4.65. The fraction of sp³-hybridized carbons (Fsp3) is 0.667. The highest BCUT2D eigenvalue weighted by Crippen LogP contribution is 2.29. The summed E-state index contributed by atoms with van der Waals surface area (Å²) in [5.41, 5.74) is 5.19. The molecule has 76 valence electrons. The molecule has 1 rings (SSSR count). The third-order valence-electron chi connectivity index (χ3n) is 2.65. The van der Waals surface area contributed by atoms with Gasteiger partial charge in [0.2, 0.25) is 11.8 Å². The maximum atomic E-state index is 11.4. The lowest BCUT2D eigenvalue weighted by Gasteiger charge is -2.26. The minimum atomic E-state index is -0.442. The standard InChI is InChI=1S/C9H13N3O2/c10-5-12-9(14)7-4-2-1-3-6(7)8(11)13/h6-7H,1-4H2,(H2,11,13)(H,12,14). The lowest BCUT2D eigenvalue weighted by Crippen LogP contribution is -2.40. The van der Waals surface area contributed by atoms with Gasteiger partial charge in [-0.2, -0.15) is 5.26 Å². The molecule has 0 aliphatic heterocycles. The van der Waals surface area contributed by atoms with Crippen LogP contribution in [0.15, 0.2) is 0 Å². The van der Waals surface area contributed by atoms with Crippen LogP contribution in [-0.4, -0.2) is 11.8 Å². The maximum absolute atomic E-state index is 11.4. The molecule has 0 spiro atoms. The third-order valence-corrected chi connectivity index (χ3v) is 2.65. The van der Waals surface area contributed by atoms with Crippen LogP contribution < -0.4 is 11.1 Å². The molecule has 1 saturated carbocycles. The fourth-order valence-corrected chi connectivity index (χ4v) is 1.93. The molecule has 2 atom stereocenters. The van der Waals surface area contributed by atoms with Gasteiger partial charge in [0, 0.05) is 5.92 Å². The molecule has 5 nitrogen and oxygen atoms in total. The van der Waals surface area contributed by atoms with Gasteiger partial charge in [-0.3, -0.25) is 14.9 Å². The highest BCUT2D eigenvalue weighted by molar-refractivity contribution is 5.87. The Kier molecular flexibility index (Phi) is 3.46. The van der Waals surface area contributed by atoms with E-state index in [1.165, 1.54) is 0 Å². The summed E-state index contributed by atoms with van der Waals surface area (Å²) in [4.78, 5) is 22.4. The molecular weight excluding hydrogens is 182 g/mol. The van der Waals surface area contributed by atoms with Gasteiger partial charge >= 0.3 is 0 Å². The minimum Gasteiger partial charge on any atom is -0.369 e. The van der Waals surface area contributed by atoms with Crippen LogP contribution in [0.2, 0.25) is 0 Å². The maximum Gasteiger partial charge on any atom is 0.236 e. The van der Waals surface area contributed by atoms with Crippen LogP contribution in [0, 0.1) is 23.3 Å². The van der Waals surface area contributed by atoms with Gasteiger partial charge in [-0.1, -0.05) is 12.8 Å². The Balaban J connectivity index is 2.68. The predicted octanol–water partition coefficient (Wildman–Crippen LogP) is -0.125. The molecule has 2 unspecified atom stereocenters. The molecule has 0 aromatic carbocycles. The van der Waals surface area contributed by atoms with Crippen LogP contribution in [0.1, 0.15) is 25.7 Å². The van der Waals surface area contributed by atoms with Crippen LogP contribution in [0.25, 0.3) is 0 Å². The van der Waals surface area contributed by atoms with Crippen LogP contribution in [0.3, 0.4) is 0 Å². The Morgan fingerprint density at radius 2 is 1.86 bits per heavy atom. The number of primary amides is 1. The van der Waals surface area contributed by atoms with E-state index in [2.05, 4.69) is 5.32 Å². The highest BCUT2D eigenvalue weighted by Gasteiger charge is 2.34. The molecule has 0 aromatic rings. The van der Waals surface area contributed by atoms with Crippen molar-refractivity contribution in [3.63, 3.8) is 0 Å². The van der Waals surface area contributed by atoms with Gasteiger partial charge in [0.25, 0.3) is 0 Å². The normalized spacial score (nSPS) is 26.2. The third kappa shape index (κ3) is 2.22. The number of nitrogens with one attached hydrogen (secondary N) is 1. The molecule has 0 radical (unpaired) electrons. The highest BCUT2D eigenvalue weighted by atomic mass is 16.2. The molecule has 0 saturated heterocycles. The van der Waals surface area contributed by atoms with Crippen LogP contribution >= 0.6 is 0 Å². The molecule has 3 N–H and O–H groups in total. The van der Waals surface area contributed by atoms with E-state index in [0.717, 1.165) is 12.8 Å². The molecule has 0 aromatic heterocycles. The number of hydrogen-bond donors (Lipinski definition) is 2. The molecule has 2 amide bonds. The molecule has 14 heavy (non-hydrogen) atoms. The SMILES string of the molecule is N#CNC(=O)C1CCCCC1C(N)=O. The van der Waals surface area contributed by atoms with Crippen molar-refractivity contribution in [1.29, 1.82) is 5.26 Å². The summed E-state index contributed by atoms with van der Waals surface area (Å²) < 4.78 is 0. The van der Waals surface area contributed by atoms with Crippen molar-refractivity contribution < 1.29 is 9.59 Å². The summed E-state index contributed by atoms with van der Waals surface area (Å²) >= 11 is 0. The van der Waals surface area contributed by atoms with E-state index < -0.39 is 17.7 Å². The topological polar surface area (TPSA) is 96.0 Å². The zero-order valence-electron chi connectivity index (χ0n) is 7.82. The smallest absolute Gasteiger partial charge is 0.236 e. The van der Waals surface area contributed by atoms with Gasteiger partial charge in [-0.25, -0.2) is 0 Å². The number of nitriles is 1. The Morgan fingerprint density at radius 3 is 2.36 bits per heavy atom. The van der Waals surface area contributed by atoms with Crippen molar-refractivity contribution in [2.45, 2.75) is 25.7 Å². The Morgan fingerprint density at radius 1 is 1.29 bits per heavy atom. The second kappa shape index (κ2) is 4.61. The number of carbonyl (C=O) groups is 2. The van der Waals surface area contributed by atoms with Crippen LogP contribution in [0.4, 0.5) is 0 Å². The number of amides is 2. The first kappa shape index (κ1) is 10.5. The van der Waals surface area contributed by atoms with Gasteiger partial charge < -0.3 is 5.73 Å². The first-order chi connectivity index (χ1) is 6.66. The van der Waals surface area contributed by atoms with E-state index in [1.807, 2.05) is 0 Å². The van der Waals surface area contributed by atoms with E-state index in [4.69, 9.17) is 11.0 Å². The number of nitrogens with two attached hydrogens (primary N) is 1. The molecule has 1 aliphatic carbocycles. The average Bonchev–Trinajstić information content (AvgIpc) is 2.18. The average molecular weight is 195 g/mol. The van der Waals surface area contributed by atoms with E-state index in [9.17, 15) is 9.59 Å². The van der Waals surface area contributed by atoms with Crippen molar-refractivity contribution >= 4 is 11.8 Å². The molecule has 1 aliphatic rings. The van der Waals surface area contributed by atoms with E-state index in [1.54, 1.807) is 6.19 Å². The largest absolute Gasteiger partial charge is 0.369 e. The molecule has 0 heterocycles. The Bertz CT molecular complexity index is 282. The molecular formula is C9H13N3O2. The molecule has 5 heteroatoms. The van der Waals surface area contributed by atoms with Gasteiger partial charge in [0.1, 0.15) is 0 Å². The van der Waals surface area contributed by atoms with Gasteiger partial charge in [-0.05, 0) is 12.8 Å². The fourth-order valence-electron chi connectivity index (χ4n) is 1.93. The summed E-state index contributed by atoms with van der Waals surface area (Å²) in [6.07, 6.45) is 4.69. The zero-order valence-corrected chi connectivity index (χ0v) is 7.82. The van der Waals surface area contributed by atoms with Crippen molar-refractivity contribution in [2.24, 2.45) is 17.6 Å². The second-order valence-electron chi connectivity index (χ2n) is 3.50. The predicted molar refractivity (Wildman–Crippen MR) is 48.4 cm³/mol. The van der Waals surface area contributed by atoms with Crippen molar-refractivity contribution in [3.8, 4) is 6.19 Å². The quantitative estimate of drug-likeness (QED) is 0.474. The van der Waals surface area contributed by atoms with E-state index >= 15 is 0 Å². The molecule has 1 fully saturated rings. The van der Waals surface area contributed by atoms with Crippen molar-refractivity contribution in [3.05, 3.63) is 0 Å². The van der Waals surface area contributed by atoms with Crippen LogP contribution in [-0.2, 0) is 9.59 Å². The van der Waals surface area contributed by atoms with Gasteiger partial charge in [-0.15, -0.1) is 0 Å². The van der Waals surface area contributed by atoms with Crippen molar-refractivity contribution in [1.82, 2.24) is 5.32 Å². The molecule has 0 bridgehead atoms. The first-order valence-corrected chi connectivity index (χ1v) is 4.65. The van der Waals surface area contributed by atoms with Gasteiger partial charge in [0.05, 0.1) is 5.92 Å². The summed E-state index contributed by atoms with van der Waals surface area (Å²) in [7, 11) is 0. The lowest BCUT2D eigenvalue weighted by atomic mass is 9.78. The number of carbonyl (C=O) groups excluding carboxylic acids is 2. The number of rotatable bonds is 2. The van der Waals surface area contributed by atoms with Crippen molar-refractivity contribution in [2.75, 3.05) is 0 Å². The summed E-state index contributed by atoms with van der Waals surface area (Å²) in [6, 6.07) is 0. The van der Waals surface area contributed by atoms with Crippen LogP contribution in [0.5, 0.6) is 0 Å². The van der Waals surface area contributed by atoms with E-state index in [0.29, 0.717) is 12.8 Å². The number of hydrogen-bond acceptors (Lipinski definition) is 3. The van der Waals surface area contributed by atoms with E-state index in [-0.39, 0.29) is 5.91 Å². The summed E-state index contributed by atoms with van der Waals surface area (Å²) in [6.45, 7) is 0. The zero-order chi connectivity index (χ0) is 10.6. The second-order valence-corrected chi connectivity index (χ2v) is 3.50. The summed E-state index contributed by atoms with van der Waals surface area (Å²) in [5.74, 6) is -1.64. The lowest BCUT2D eigenvalue weighted by molar-refractivity contribution is -0.134.